The van der Waals surface area contributed by atoms with Crippen molar-refractivity contribution in [3.63, 3.8) is 0 Å². The molecule has 0 aliphatic carbocycles. The summed E-state index contributed by atoms with van der Waals surface area (Å²) in [6.45, 7) is 16.2. The SMILES string of the molecule is CC(C)(C)OC(=O)CCOCCOCCOCCOCCOCCOCCOCCOCCOCCOCCOCCOC(c1ccccc1)(c1ccccc1)c1ccccc1. The van der Waals surface area contributed by atoms with E-state index in [1.165, 1.54) is 0 Å². The molecular formula is C48H72O14. The lowest BCUT2D eigenvalue weighted by Crippen LogP contribution is -2.34. The molecule has 62 heavy (non-hydrogen) atoms. The van der Waals surface area contributed by atoms with E-state index in [1.54, 1.807) is 0 Å². The van der Waals surface area contributed by atoms with Gasteiger partial charge >= 0.3 is 5.97 Å². The van der Waals surface area contributed by atoms with Crippen LogP contribution in [-0.2, 0) is 72.0 Å². The van der Waals surface area contributed by atoms with Gasteiger partial charge in [-0.1, -0.05) is 91.0 Å². The van der Waals surface area contributed by atoms with Crippen molar-refractivity contribution in [1.29, 1.82) is 0 Å². The molecule has 0 atom stereocenters. The van der Waals surface area contributed by atoms with Gasteiger partial charge in [-0.2, -0.15) is 0 Å². The second-order valence-corrected chi connectivity index (χ2v) is 14.7. The number of esters is 1. The zero-order chi connectivity index (χ0) is 44.1. The Hall–Kier alpha value is -3.35. The van der Waals surface area contributed by atoms with Gasteiger partial charge in [-0.15, -0.1) is 0 Å². The average molecular weight is 873 g/mol. The van der Waals surface area contributed by atoms with E-state index in [-0.39, 0.29) is 12.4 Å². The third kappa shape index (κ3) is 25.1. The molecule has 3 rings (SSSR count). The largest absolute Gasteiger partial charge is 0.460 e. The maximum atomic E-state index is 11.6. The van der Waals surface area contributed by atoms with E-state index in [4.69, 9.17) is 61.6 Å². The Labute approximate surface area is 369 Å². The Morgan fingerprint density at radius 3 is 0.806 bits per heavy atom. The fraction of sp³-hybridized carbons (Fsp3) is 0.604. The molecule has 0 bridgehead atoms. The lowest BCUT2D eigenvalue weighted by atomic mass is 9.80. The fourth-order valence-electron chi connectivity index (χ4n) is 5.87. The van der Waals surface area contributed by atoms with E-state index in [0.717, 1.165) is 16.7 Å². The Balaban J connectivity index is 1.01. The second kappa shape index (κ2) is 35.1. The Kier molecular flexibility index (Phi) is 30.0. The molecule has 0 saturated heterocycles. The van der Waals surface area contributed by atoms with Crippen molar-refractivity contribution < 1.29 is 66.4 Å². The van der Waals surface area contributed by atoms with Crippen molar-refractivity contribution in [1.82, 2.24) is 0 Å². The summed E-state index contributed by atoms with van der Waals surface area (Å²) in [6.07, 6.45) is 0.228. The average Bonchev–Trinajstić information content (AvgIpc) is 3.28. The second-order valence-electron chi connectivity index (χ2n) is 14.7. The molecule has 0 radical (unpaired) electrons. The van der Waals surface area contributed by atoms with Crippen LogP contribution in [0.2, 0.25) is 0 Å². The summed E-state index contributed by atoms with van der Waals surface area (Å²) in [4.78, 5) is 11.6. The predicted molar refractivity (Wildman–Crippen MR) is 235 cm³/mol. The van der Waals surface area contributed by atoms with Crippen LogP contribution < -0.4 is 0 Å². The van der Waals surface area contributed by atoms with E-state index >= 15 is 0 Å². The van der Waals surface area contributed by atoms with Crippen LogP contribution in [0.1, 0.15) is 43.9 Å². The van der Waals surface area contributed by atoms with E-state index < -0.39 is 11.2 Å². The summed E-state index contributed by atoms with van der Waals surface area (Å²) >= 11 is 0. The number of carbonyl (C=O) groups excluding carboxylic acids is 1. The van der Waals surface area contributed by atoms with Gasteiger partial charge in [-0.25, -0.2) is 0 Å². The van der Waals surface area contributed by atoms with Gasteiger partial charge in [0.25, 0.3) is 0 Å². The first-order valence-corrected chi connectivity index (χ1v) is 21.8. The number of ether oxygens (including phenoxy) is 13. The first-order chi connectivity index (χ1) is 30.4. The fourth-order valence-corrected chi connectivity index (χ4v) is 5.87. The topological polar surface area (TPSA) is 137 Å². The molecule has 0 fully saturated rings. The molecule has 0 unspecified atom stereocenters. The zero-order valence-electron chi connectivity index (χ0n) is 37.3. The van der Waals surface area contributed by atoms with Crippen LogP contribution in [0.4, 0.5) is 0 Å². The molecule has 0 amide bonds. The zero-order valence-corrected chi connectivity index (χ0v) is 37.3. The summed E-state index contributed by atoms with van der Waals surface area (Å²) in [5.74, 6) is -0.267. The molecule has 0 aliphatic rings. The molecule has 14 heteroatoms. The van der Waals surface area contributed by atoms with Crippen LogP contribution in [0.25, 0.3) is 0 Å². The number of hydrogen-bond donors (Lipinski definition) is 0. The minimum atomic E-state index is -0.758. The molecule has 0 heterocycles. The predicted octanol–water partition coefficient (Wildman–Crippen LogP) is 5.91. The lowest BCUT2D eigenvalue weighted by molar-refractivity contribution is -0.156. The van der Waals surface area contributed by atoms with Gasteiger partial charge in [0.05, 0.1) is 158 Å². The number of rotatable bonds is 40. The van der Waals surface area contributed by atoms with Gasteiger partial charge in [0.15, 0.2) is 0 Å². The highest BCUT2D eigenvalue weighted by Gasteiger charge is 2.37. The van der Waals surface area contributed by atoms with E-state index in [9.17, 15) is 4.79 Å². The standard InChI is InChI=1S/C48H72O14/c1-47(2,3)62-46(49)19-20-50-21-22-51-23-24-52-25-26-53-27-28-54-29-30-55-31-32-56-33-34-57-35-36-58-37-38-59-39-40-60-41-42-61-48(43-13-7-4-8-14-43,44-15-9-5-10-16-44)45-17-11-6-12-18-45/h4-18H,19-42H2,1-3H3. The molecule has 0 saturated carbocycles. The highest BCUT2D eigenvalue weighted by Crippen LogP contribution is 2.40. The minimum absolute atomic E-state index is 0.228. The normalized spacial score (nSPS) is 11.9. The van der Waals surface area contributed by atoms with Crippen LogP contribution in [0.3, 0.4) is 0 Å². The molecule has 0 aromatic heterocycles. The molecule has 0 aliphatic heterocycles. The van der Waals surface area contributed by atoms with Crippen LogP contribution in [0.5, 0.6) is 0 Å². The summed E-state index contributed by atoms with van der Waals surface area (Å²) in [5, 5.41) is 0. The number of carbonyl (C=O) groups is 1. The summed E-state index contributed by atoms with van der Waals surface area (Å²) < 4.78 is 73.0. The van der Waals surface area contributed by atoms with Crippen molar-refractivity contribution in [2.45, 2.75) is 38.4 Å². The Morgan fingerprint density at radius 1 is 0.339 bits per heavy atom. The molecule has 348 valence electrons. The van der Waals surface area contributed by atoms with Gasteiger partial charge in [0, 0.05) is 0 Å². The van der Waals surface area contributed by atoms with Crippen LogP contribution in [0, 0.1) is 0 Å². The Bertz CT molecular complexity index is 1360. The van der Waals surface area contributed by atoms with Crippen molar-refractivity contribution in [2.75, 3.05) is 152 Å². The molecule has 3 aromatic carbocycles. The molecular weight excluding hydrogens is 801 g/mol. The monoisotopic (exact) mass is 872 g/mol. The maximum Gasteiger partial charge on any atom is 0.308 e. The summed E-state index contributed by atoms with van der Waals surface area (Å²) in [7, 11) is 0. The van der Waals surface area contributed by atoms with Crippen LogP contribution in [0.15, 0.2) is 91.0 Å². The highest BCUT2D eigenvalue weighted by molar-refractivity contribution is 5.69. The minimum Gasteiger partial charge on any atom is -0.460 e. The van der Waals surface area contributed by atoms with Crippen molar-refractivity contribution in [2.24, 2.45) is 0 Å². The van der Waals surface area contributed by atoms with Gasteiger partial charge < -0.3 is 61.6 Å². The molecule has 3 aromatic rings. The van der Waals surface area contributed by atoms with Crippen molar-refractivity contribution >= 4 is 5.97 Å². The summed E-state index contributed by atoms with van der Waals surface area (Å²) in [6, 6.07) is 31.0. The quantitative estimate of drug-likeness (QED) is 0.0381. The maximum absolute atomic E-state index is 11.6. The van der Waals surface area contributed by atoms with E-state index in [2.05, 4.69) is 36.4 Å². The highest BCUT2D eigenvalue weighted by atomic mass is 16.6. The van der Waals surface area contributed by atoms with Gasteiger partial charge in [-0.3, -0.25) is 4.79 Å². The van der Waals surface area contributed by atoms with Crippen molar-refractivity contribution in [3.8, 4) is 0 Å². The third-order valence-corrected chi connectivity index (χ3v) is 8.68. The number of benzene rings is 3. The smallest absolute Gasteiger partial charge is 0.308 e. The van der Waals surface area contributed by atoms with Gasteiger partial charge in [-0.05, 0) is 37.5 Å². The van der Waals surface area contributed by atoms with E-state index in [1.807, 2.05) is 75.4 Å². The molecule has 14 nitrogen and oxygen atoms in total. The lowest BCUT2D eigenvalue weighted by Gasteiger charge is -2.36. The van der Waals surface area contributed by atoms with Crippen molar-refractivity contribution in [3.05, 3.63) is 108 Å². The third-order valence-electron chi connectivity index (χ3n) is 8.68. The van der Waals surface area contributed by atoms with Crippen LogP contribution >= 0.6 is 0 Å². The number of hydrogen-bond acceptors (Lipinski definition) is 14. The van der Waals surface area contributed by atoms with Gasteiger partial charge in [0.1, 0.15) is 11.2 Å². The van der Waals surface area contributed by atoms with Crippen LogP contribution in [-0.4, -0.2) is 164 Å². The first kappa shape index (κ1) is 53.0. The summed E-state index contributed by atoms with van der Waals surface area (Å²) in [5.41, 5.74) is 1.95. The first-order valence-electron chi connectivity index (χ1n) is 21.8. The molecule has 0 spiro atoms. The Morgan fingerprint density at radius 2 is 0.565 bits per heavy atom. The molecule has 0 N–H and O–H groups in total. The van der Waals surface area contributed by atoms with Gasteiger partial charge in [0.2, 0.25) is 0 Å². The van der Waals surface area contributed by atoms with E-state index in [0.29, 0.717) is 152 Å².